The van der Waals surface area contributed by atoms with Crippen molar-refractivity contribution in [3.63, 3.8) is 0 Å². The predicted octanol–water partition coefficient (Wildman–Crippen LogP) is 1.50. The van der Waals surface area contributed by atoms with Crippen LogP contribution in [0, 0.1) is 0 Å². The Morgan fingerprint density at radius 1 is 1.11 bits per heavy atom. The SMILES string of the molecule is CCC1(C)CN(CCN2CCSCC2)CCCN1. The van der Waals surface area contributed by atoms with Gasteiger partial charge in [0.15, 0.2) is 0 Å². The average molecular weight is 271 g/mol. The third kappa shape index (κ3) is 4.41. The maximum Gasteiger partial charge on any atom is 0.0277 e. The first-order chi connectivity index (χ1) is 8.72. The Kier molecular flexibility index (Phi) is 5.80. The van der Waals surface area contributed by atoms with Crippen molar-refractivity contribution >= 4 is 11.8 Å². The third-order valence-electron chi connectivity index (χ3n) is 4.39. The Bertz CT molecular complexity index is 243. The summed E-state index contributed by atoms with van der Waals surface area (Å²) in [5.41, 5.74) is 0.328. The van der Waals surface area contributed by atoms with Gasteiger partial charge < -0.3 is 15.1 Å². The summed E-state index contributed by atoms with van der Waals surface area (Å²) in [6.07, 6.45) is 2.52. The molecule has 2 saturated heterocycles. The summed E-state index contributed by atoms with van der Waals surface area (Å²) in [6, 6.07) is 0. The van der Waals surface area contributed by atoms with Crippen LogP contribution in [0.15, 0.2) is 0 Å². The summed E-state index contributed by atoms with van der Waals surface area (Å²) in [6.45, 7) is 13.4. The van der Waals surface area contributed by atoms with Crippen LogP contribution in [0.25, 0.3) is 0 Å². The highest BCUT2D eigenvalue weighted by Gasteiger charge is 2.27. The Morgan fingerprint density at radius 2 is 1.83 bits per heavy atom. The van der Waals surface area contributed by atoms with Crippen LogP contribution in [-0.4, -0.2) is 72.7 Å². The van der Waals surface area contributed by atoms with Crippen molar-refractivity contribution in [2.24, 2.45) is 0 Å². The van der Waals surface area contributed by atoms with Gasteiger partial charge in [-0.3, -0.25) is 0 Å². The number of nitrogens with one attached hydrogen (secondary N) is 1. The summed E-state index contributed by atoms with van der Waals surface area (Å²) in [4.78, 5) is 5.31. The molecule has 106 valence electrons. The standard InChI is InChI=1S/C14H29N3S/c1-3-14(2)13-17(6-4-5-15-14)8-7-16-9-11-18-12-10-16/h15H,3-13H2,1-2H3. The number of hydrogen-bond acceptors (Lipinski definition) is 4. The molecular weight excluding hydrogens is 242 g/mol. The third-order valence-corrected chi connectivity index (χ3v) is 5.33. The van der Waals surface area contributed by atoms with Gasteiger partial charge in [0.1, 0.15) is 0 Å². The molecule has 0 aromatic heterocycles. The Morgan fingerprint density at radius 3 is 2.56 bits per heavy atom. The molecule has 1 atom stereocenters. The van der Waals surface area contributed by atoms with E-state index in [4.69, 9.17) is 0 Å². The second-order valence-corrected chi connectivity index (χ2v) is 7.15. The molecule has 0 amide bonds. The van der Waals surface area contributed by atoms with Gasteiger partial charge in [-0.2, -0.15) is 11.8 Å². The highest BCUT2D eigenvalue weighted by Crippen LogP contribution is 2.15. The first-order valence-electron chi connectivity index (χ1n) is 7.49. The minimum atomic E-state index is 0.328. The smallest absolute Gasteiger partial charge is 0.0277 e. The molecule has 4 heteroatoms. The van der Waals surface area contributed by atoms with E-state index in [0.717, 1.165) is 0 Å². The van der Waals surface area contributed by atoms with E-state index in [-0.39, 0.29) is 0 Å². The Balaban J connectivity index is 1.76. The minimum absolute atomic E-state index is 0.328. The average Bonchev–Trinajstić information content (AvgIpc) is 2.60. The van der Waals surface area contributed by atoms with Gasteiger partial charge in [-0.15, -0.1) is 0 Å². The van der Waals surface area contributed by atoms with Crippen molar-refractivity contribution in [1.82, 2.24) is 15.1 Å². The van der Waals surface area contributed by atoms with Crippen LogP contribution in [0.5, 0.6) is 0 Å². The zero-order chi connectivity index (χ0) is 12.8. The van der Waals surface area contributed by atoms with Crippen LogP contribution in [0.4, 0.5) is 0 Å². The molecule has 18 heavy (non-hydrogen) atoms. The van der Waals surface area contributed by atoms with E-state index in [1.165, 1.54) is 70.2 Å². The number of nitrogens with zero attached hydrogens (tertiary/aromatic N) is 2. The molecule has 1 unspecified atom stereocenters. The van der Waals surface area contributed by atoms with E-state index >= 15 is 0 Å². The molecule has 2 fully saturated rings. The second kappa shape index (κ2) is 7.13. The molecule has 0 aromatic rings. The zero-order valence-electron chi connectivity index (χ0n) is 12.1. The summed E-state index contributed by atoms with van der Waals surface area (Å²) < 4.78 is 0. The first kappa shape index (κ1) is 14.6. The number of rotatable bonds is 4. The summed E-state index contributed by atoms with van der Waals surface area (Å²) in [7, 11) is 0. The highest BCUT2D eigenvalue weighted by molar-refractivity contribution is 7.99. The van der Waals surface area contributed by atoms with E-state index in [1.54, 1.807) is 0 Å². The first-order valence-corrected chi connectivity index (χ1v) is 8.65. The van der Waals surface area contributed by atoms with Crippen LogP contribution >= 0.6 is 11.8 Å². The Labute approximate surface area is 117 Å². The van der Waals surface area contributed by atoms with Crippen LogP contribution in [0.3, 0.4) is 0 Å². The fraction of sp³-hybridized carbons (Fsp3) is 1.00. The number of hydrogen-bond donors (Lipinski definition) is 1. The lowest BCUT2D eigenvalue weighted by Crippen LogP contribution is -2.50. The lowest BCUT2D eigenvalue weighted by Gasteiger charge is -2.34. The van der Waals surface area contributed by atoms with Crippen LogP contribution in [-0.2, 0) is 0 Å². The van der Waals surface area contributed by atoms with Crippen molar-refractivity contribution in [2.45, 2.75) is 32.2 Å². The fourth-order valence-corrected chi connectivity index (χ4v) is 3.84. The Hall–Kier alpha value is 0.230. The topological polar surface area (TPSA) is 18.5 Å². The summed E-state index contributed by atoms with van der Waals surface area (Å²) >= 11 is 2.10. The maximum atomic E-state index is 3.72. The molecular formula is C14H29N3S. The van der Waals surface area contributed by atoms with E-state index in [2.05, 4.69) is 40.7 Å². The molecule has 3 nitrogen and oxygen atoms in total. The molecule has 0 aliphatic carbocycles. The van der Waals surface area contributed by atoms with Crippen LogP contribution in [0.2, 0.25) is 0 Å². The minimum Gasteiger partial charge on any atom is -0.310 e. The van der Waals surface area contributed by atoms with Crippen LogP contribution in [0.1, 0.15) is 26.7 Å². The quantitative estimate of drug-likeness (QED) is 0.835. The molecule has 0 bridgehead atoms. The number of thioether (sulfide) groups is 1. The predicted molar refractivity (Wildman–Crippen MR) is 81.5 cm³/mol. The molecule has 0 spiro atoms. The van der Waals surface area contributed by atoms with E-state index in [0.29, 0.717) is 5.54 Å². The van der Waals surface area contributed by atoms with Crippen molar-refractivity contribution in [3.8, 4) is 0 Å². The van der Waals surface area contributed by atoms with Crippen LogP contribution < -0.4 is 5.32 Å². The van der Waals surface area contributed by atoms with Crippen molar-refractivity contribution in [2.75, 3.05) is 57.3 Å². The lowest BCUT2D eigenvalue weighted by atomic mass is 9.98. The molecule has 2 aliphatic rings. The van der Waals surface area contributed by atoms with E-state index < -0.39 is 0 Å². The van der Waals surface area contributed by atoms with Gasteiger partial charge in [0, 0.05) is 49.8 Å². The van der Waals surface area contributed by atoms with Gasteiger partial charge in [0.2, 0.25) is 0 Å². The molecule has 2 aliphatic heterocycles. The van der Waals surface area contributed by atoms with Gasteiger partial charge >= 0.3 is 0 Å². The normalized spacial score (nSPS) is 32.3. The van der Waals surface area contributed by atoms with Crippen molar-refractivity contribution < 1.29 is 0 Å². The molecule has 0 radical (unpaired) electrons. The highest BCUT2D eigenvalue weighted by atomic mass is 32.2. The van der Waals surface area contributed by atoms with Gasteiger partial charge in [0.05, 0.1) is 0 Å². The van der Waals surface area contributed by atoms with Gasteiger partial charge in [-0.05, 0) is 32.9 Å². The van der Waals surface area contributed by atoms with Gasteiger partial charge in [0.25, 0.3) is 0 Å². The lowest BCUT2D eigenvalue weighted by molar-refractivity contribution is 0.183. The van der Waals surface area contributed by atoms with Gasteiger partial charge in [-0.25, -0.2) is 0 Å². The van der Waals surface area contributed by atoms with Gasteiger partial charge in [-0.1, -0.05) is 6.92 Å². The monoisotopic (exact) mass is 271 g/mol. The molecule has 1 N–H and O–H groups in total. The zero-order valence-corrected chi connectivity index (χ0v) is 12.9. The van der Waals surface area contributed by atoms with Crippen molar-refractivity contribution in [1.29, 1.82) is 0 Å². The summed E-state index contributed by atoms with van der Waals surface area (Å²) in [5.74, 6) is 2.66. The fourth-order valence-electron chi connectivity index (χ4n) is 2.86. The maximum absolute atomic E-state index is 3.72. The molecule has 2 heterocycles. The second-order valence-electron chi connectivity index (χ2n) is 5.92. The molecule has 0 aromatic carbocycles. The largest absolute Gasteiger partial charge is 0.310 e. The van der Waals surface area contributed by atoms with E-state index in [1.807, 2.05) is 0 Å². The van der Waals surface area contributed by atoms with E-state index in [9.17, 15) is 0 Å². The molecule has 2 rings (SSSR count). The van der Waals surface area contributed by atoms with Crippen molar-refractivity contribution in [3.05, 3.63) is 0 Å². The molecule has 0 saturated carbocycles. The summed E-state index contributed by atoms with van der Waals surface area (Å²) in [5, 5.41) is 3.72.